The van der Waals surface area contributed by atoms with Crippen LogP contribution in [0, 0.1) is 6.92 Å². The fourth-order valence-electron chi connectivity index (χ4n) is 3.07. The van der Waals surface area contributed by atoms with Gasteiger partial charge < -0.3 is 19.7 Å². The van der Waals surface area contributed by atoms with Crippen molar-refractivity contribution in [2.24, 2.45) is 0 Å². The Morgan fingerprint density at radius 3 is 2.55 bits per heavy atom. The molecule has 31 heavy (non-hydrogen) atoms. The largest absolute Gasteiger partial charge is 0.493 e. The topological polar surface area (TPSA) is 108 Å². The molecule has 0 saturated carbocycles. The minimum absolute atomic E-state index is 0.0435. The fraction of sp³-hybridized carbons (Fsp3) is 0.304. The van der Waals surface area contributed by atoms with Crippen molar-refractivity contribution in [1.29, 1.82) is 0 Å². The van der Waals surface area contributed by atoms with E-state index in [0.29, 0.717) is 34.9 Å². The smallest absolute Gasteiger partial charge is 0.282 e. The van der Waals surface area contributed by atoms with Crippen LogP contribution < -0.4 is 19.9 Å². The van der Waals surface area contributed by atoms with Gasteiger partial charge in [-0.1, -0.05) is 25.1 Å². The number of hydrogen-bond acceptors (Lipinski definition) is 6. The molecule has 1 heterocycles. The minimum Gasteiger partial charge on any atom is -0.493 e. The average Bonchev–Trinajstić information content (AvgIpc) is 3.06. The van der Waals surface area contributed by atoms with Gasteiger partial charge in [0, 0.05) is 11.1 Å². The van der Waals surface area contributed by atoms with Gasteiger partial charge in [0.05, 0.1) is 18.9 Å². The zero-order valence-electron chi connectivity index (χ0n) is 17.5. The number of rotatable bonds is 9. The van der Waals surface area contributed by atoms with E-state index in [9.17, 15) is 14.7 Å². The van der Waals surface area contributed by atoms with Crippen LogP contribution in [0.15, 0.2) is 48.0 Å². The highest BCUT2D eigenvalue weighted by molar-refractivity contribution is 6.31. The molecule has 0 aromatic heterocycles. The number of ether oxygens (including phenoxy) is 2. The first-order chi connectivity index (χ1) is 15.0. The number of aliphatic hydroxyl groups excluding tert-OH is 2. The van der Waals surface area contributed by atoms with Crippen LogP contribution >= 0.6 is 0 Å². The van der Waals surface area contributed by atoms with E-state index in [1.165, 1.54) is 11.1 Å². The van der Waals surface area contributed by atoms with Crippen LogP contribution in [0.1, 0.15) is 24.5 Å². The first-order valence-electron chi connectivity index (χ1n) is 10.1. The van der Waals surface area contributed by atoms with Crippen molar-refractivity contribution < 1.29 is 29.3 Å². The van der Waals surface area contributed by atoms with Crippen LogP contribution in [-0.2, 0) is 9.59 Å². The van der Waals surface area contributed by atoms with Crippen molar-refractivity contribution >= 4 is 23.6 Å². The Labute approximate surface area is 180 Å². The van der Waals surface area contributed by atoms with Gasteiger partial charge in [-0.2, -0.15) is 0 Å². The maximum absolute atomic E-state index is 12.9. The van der Waals surface area contributed by atoms with E-state index < -0.39 is 24.5 Å². The van der Waals surface area contributed by atoms with Gasteiger partial charge in [-0.3, -0.25) is 15.0 Å². The second-order valence-electron chi connectivity index (χ2n) is 7.08. The van der Waals surface area contributed by atoms with Gasteiger partial charge in [0.1, 0.15) is 29.8 Å². The van der Waals surface area contributed by atoms with E-state index in [2.05, 4.69) is 5.43 Å². The second-order valence-corrected chi connectivity index (χ2v) is 7.08. The van der Waals surface area contributed by atoms with Crippen molar-refractivity contribution in [3.8, 4) is 11.5 Å². The number of carbonyl (C=O) groups excluding carboxylic acids is 2. The Morgan fingerprint density at radius 2 is 1.87 bits per heavy atom. The molecule has 0 radical (unpaired) electrons. The summed E-state index contributed by atoms with van der Waals surface area (Å²) in [5, 5.41) is 20.0. The molecular formula is C23H26N2O6. The Kier molecular flexibility index (Phi) is 7.28. The highest BCUT2D eigenvalue weighted by Gasteiger charge is 2.34. The molecule has 164 valence electrons. The molecule has 1 saturated heterocycles. The maximum Gasteiger partial charge on any atom is 0.282 e. The summed E-state index contributed by atoms with van der Waals surface area (Å²) in [6.45, 7) is 3.70. The molecule has 1 aliphatic heterocycles. The first-order valence-corrected chi connectivity index (χ1v) is 10.1. The van der Waals surface area contributed by atoms with Gasteiger partial charge in [0.2, 0.25) is 0 Å². The van der Waals surface area contributed by atoms with E-state index in [4.69, 9.17) is 14.6 Å². The average molecular weight is 426 g/mol. The van der Waals surface area contributed by atoms with Crippen molar-refractivity contribution in [2.45, 2.75) is 26.4 Å². The number of hydrogen-bond donors (Lipinski definition) is 3. The van der Waals surface area contributed by atoms with Crippen LogP contribution in [0.25, 0.3) is 6.08 Å². The van der Waals surface area contributed by atoms with Gasteiger partial charge in [0.15, 0.2) is 0 Å². The van der Waals surface area contributed by atoms with Gasteiger partial charge in [0.25, 0.3) is 11.8 Å². The summed E-state index contributed by atoms with van der Waals surface area (Å²) < 4.78 is 11.5. The molecule has 3 rings (SSSR count). The number of nitrogens with zero attached hydrogens (tertiary/aromatic N) is 1. The van der Waals surface area contributed by atoms with Gasteiger partial charge >= 0.3 is 0 Å². The number of amides is 2. The molecule has 2 amide bonds. The standard InChI is InChI=1S/C23H26N2O6/c1-3-11-30-20-10-9-16(21(15(20)2)31-14-18(27)13-26)12-19-22(28)24-25(23(19)29)17-7-5-4-6-8-17/h4-10,12,18,26-27H,3,11,13-14H2,1-2H3,(H,24,28)/b19-12-. The van der Waals surface area contributed by atoms with Crippen molar-refractivity contribution in [2.75, 3.05) is 24.8 Å². The van der Waals surface area contributed by atoms with E-state index in [1.54, 1.807) is 43.3 Å². The summed E-state index contributed by atoms with van der Waals surface area (Å²) in [5.74, 6) is -0.0429. The normalized spacial score (nSPS) is 15.9. The first kappa shape index (κ1) is 22.3. The lowest BCUT2D eigenvalue weighted by Gasteiger charge is -2.17. The summed E-state index contributed by atoms with van der Waals surface area (Å²) in [5.41, 5.74) is 4.22. The van der Waals surface area contributed by atoms with Gasteiger partial charge in [-0.15, -0.1) is 0 Å². The summed E-state index contributed by atoms with van der Waals surface area (Å²) in [4.78, 5) is 25.4. The molecular weight excluding hydrogens is 400 g/mol. The van der Waals surface area contributed by atoms with Crippen LogP contribution in [0.3, 0.4) is 0 Å². The Bertz CT molecular complexity index is 974. The SMILES string of the molecule is CCCOc1ccc(/C=C2/C(=O)NN(c3ccccc3)C2=O)c(OCC(O)CO)c1C. The molecule has 0 spiro atoms. The van der Waals surface area contributed by atoms with Crippen LogP contribution in [0.4, 0.5) is 5.69 Å². The second kappa shape index (κ2) is 10.1. The quantitative estimate of drug-likeness (QED) is 0.418. The van der Waals surface area contributed by atoms with Crippen molar-refractivity contribution in [3.05, 3.63) is 59.2 Å². The van der Waals surface area contributed by atoms with E-state index in [1.807, 2.05) is 13.0 Å². The molecule has 2 aromatic carbocycles. The van der Waals surface area contributed by atoms with Crippen LogP contribution in [-0.4, -0.2) is 48.0 Å². The maximum atomic E-state index is 12.9. The predicted octanol–water partition coefficient (Wildman–Crippen LogP) is 1.98. The molecule has 1 atom stereocenters. The van der Waals surface area contributed by atoms with Gasteiger partial charge in [-0.25, -0.2) is 5.01 Å². The number of benzene rings is 2. The third-order valence-corrected chi connectivity index (χ3v) is 4.68. The predicted molar refractivity (Wildman–Crippen MR) is 116 cm³/mol. The molecule has 0 aliphatic carbocycles. The molecule has 8 nitrogen and oxygen atoms in total. The summed E-state index contributed by atoms with van der Waals surface area (Å²) >= 11 is 0. The van der Waals surface area contributed by atoms with Crippen LogP contribution in [0.2, 0.25) is 0 Å². The minimum atomic E-state index is -1.06. The Balaban J connectivity index is 1.96. The molecule has 0 bridgehead atoms. The molecule has 1 unspecified atom stereocenters. The Morgan fingerprint density at radius 1 is 1.13 bits per heavy atom. The van der Waals surface area contributed by atoms with Crippen LogP contribution in [0.5, 0.6) is 11.5 Å². The van der Waals surface area contributed by atoms with E-state index in [-0.39, 0.29) is 12.2 Å². The molecule has 1 fully saturated rings. The molecule has 3 N–H and O–H groups in total. The molecule has 2 aromatic rings. The number of anilines is 1. The van der Waals surface area contributed by atoms with E-state index >= 15 is 0 Å². The fourth-order valence-corrected chi connectivity index (χ4v) is 3.07. The number of hydrazine groups is 1. The number of aliphatic hydroxyl groups is 2. The highest BCUT2D eigenvalue weighted by atomic mass is 16.5. The zero-order chi connectivity index (χ0) is 22.4. The molecule has 8 heteroatoms. The lowest BCUT2D eigenvalue weighted by atomic mass is 10.0. The zero-order valence-corrected chi connectivity index (χ0v) is 17.5. The number of para-hydroxylation sites is 1. The monoisotopic (exact) mass is 426 g/mol. The summed E-state index contributed by atoms with van der Waals surface area (Å²) in [6, 6.07) is 12.2. The van der Waals surface area contributed by atoms with E-state index in [0.717, 1.165) is 6.42 Å². The number of nitrogens with one attached hydrogen (secondary N) is 1. The number of carbonyl (C=O) groups is 2. The third kappa shape index (κ3) is 5.04. The molecule has 1 aliphatic rings. The Hall–Kier alpha value is -3.36. The lowest BCUT2D eigenvalue weighted by Crippen LogP contribution is -2.35. The lowest BCUT2D eigenvalue weighted by molar-refractivity contribution is -0.117. The van der Waals surface area contributed by atoms with Gasteiger partial charge in [-0.05, 0) is 43.7 Å². The summed E-state index contributed by atoms with van der Waals surface area (Å²) in [7, 11) is 0. The van der Waals surface area contributed by atoms with Crippen molar-refractivity contribution in [3.63, 3.8) is 0 Å². The van der Waals surface area contributed by atoms with Crippen molar-refractivity contribution in [1.82, 2.24) is 5.43 Å². The highest BCUT2D eigenvalue weighted by Crippen LogP contribution is 2.34. The summed E-state index contributed by atoms with van der Waals surface area (Å²) in [6.07, 6.45) is 1.22. The third-order valence-electron chi connectivity index (χ3n) is 4.68.